The molecule has 0 bridgehead atoms. The Labute approximate surface area is 381 Å². The minimum Gasteiger partial charge on any atom is -0.453 e. The van der Waals surface area contributed by atoms with Crippen LogP contribution >= 0.6 is 0 Å². The lowest BCUT2D eigenvalue weighted by Crippen LogP contribution is -2.55. The number of H-pyrrole nitrogens is 1. The highest BCUT2D eigenvalue weighted by atomic mass is 16.5. The molecule has 5 fully saturated rings. The van der Waals surface area contributed by atoms with E-state index in [9.17, 15) is 19.2 Å². The molecule has 0 spiro atoms. The van der Waals surface area contributed by atoms with Gasteiger partial charge < -0.3 is 44.4 Å². The zero-order valence-electron chi connectivity index (χ0n) is 38.0. The van der Waals surface area contributed by atoms with E-state index >= 15 is 0 Å². The Kier molecular flexibility index (Phi) is 13.4. The van der Waals surface area contributed by atoms with Crippen molar-refractivity contribution in [1.82, 2.24) is 30.4 Å². The zero-order valence-corrected chi connectivity index (χ0v) is 38.0. The van der Waals surface area contributed by atoms with Crippen LogP contribution in [0, 0.1) is 23.7 Å². The van der Waals surface area contributed by atoms with Crippen molar-refractivity contribution in [2.45, 2.75) is 101 Å². The molecule has 65 heavy (non-hydrogen) atoms. The average Bonchev–Trinajstić information content (AvgIpc) is 3.76. The van der Waals surface area contributed by atoms with Gasteiger partial charge in [0.1, 0.15) is 17.9 Å². The highest BCUT2D eigenvalue weighted by molar-refractivity contribution is 6.04. The highest BCUT2D eigenvalue weighted by Crippen LogP contribution is 2.55. The molecule has 3 aromatic rings. The number of ether oxygens (including phenoxy) is 4. The topological polar surface area (TPSA) is 177 Å². The number of amides is 4. The number of aromatic amines is 1. The molecule has 346 valence electrons. The lowest BCUT2D eigenvalue weighted by molar-refractivity contribution is -0.137. The number of aliphatic imine (C=N–C) groups is 1. The summed E-state index contributed by atoms with van der Waals surface area (Å²) in [6.45, 7) is 7.81. The summed E-state index contributed by atoms with van der Waals surface area (Å²) in [7, 11) is 2.64. The molecule has 1 saturated carbocycles. The molecule has 4 saturated heterocycles. The second-order valence-corrected chi connectivity index (χ2v) is 19.1. The average molecular weight is 890 g/mol. The van der Waals surface area contributed by atoms with Crippen LogP contribution in [0.1, 0.15) is 106 Å². The van der Waals surface area contributed by atoms with Crippen LogP contribution in [0.5, 0.6) is 0 Å². The molecule has 3 N–H and O–H groups in total. The Hall–Kier alpha value is -5.54. The summed E-state index contributed by atoms with van der Waals surface area (Å²) in [5, 5.41) is 5.70. The summed E-state index contributed by atoms with van der Waals surface area (Å²) < 4.78 is 20.9. The largest absolute Gasteiger partial charge is 0.453 e. The predicted molar refractivity (Wildman–Crippen MR) is 244 cm³/mol. The molecule has 6 heterocycles. The molecule has 2 aromatic carbocycles. The normalized spacial score (nSPS) is 26.8. The van der Waals surface area contributed by atoms with Gasteiger partial charge in [-0.2, -0.15) is 0 Å². The van der Waals surface area contributed by atoms with Crippen LogP contribution in [0.4, 0.5) is 9.59 Å². The van der Waals surface area contributed by atoms with Crippen LogP contribution in [0.3, 0.4) is 0 Å². The van der Waals surface area contributed by atoms with E-state index in [-0.39, 0.29) is 41.7 Å². The second-order valence-electron chi connectivity index (χ2n) is 19.1. The second kappa shape index (κ2) is 19.5. The number of likely N-dealkylation sites (tertiary alicyclic amines) is 2. The first kappa shape index (κ1) is 44.7. The first-order valence-corrected chi connectivity index (χ1v) is 23.5. The molecular weight excluding hydrogens is 827 g/mol. The standard InChI is InChI=1S/C50H63N7O8/c1-29-21-42(56(27-29)47(58)44(54-49(60)62-3)35-13-17-64-18-14-35)40-23-37(25-51-40)31-5-7-32(8-6-31)38-24-39(38)33-9-11-34(12-10-33)41-26-52-46(53-41)43-22-30(2)28-57(43)48(59)45(55-50(61)63-4)36-15-19-65-20-16-36/h5-12,25-26,29-30,35-36,38-39,42-45H,13-24,27-28H2,1-4H3,(H,52,53)(H,54,60)(H,55,61)/t29-,30-,38-,39+,42-,43-,44-,45-/m0/s1. The Morgan fingerprint density at radius 1 is 0.692 bits per heavy atom. The van der Waals surface area contributed by atoms with Gasteiger partial charge in [-0.1, -0.05) is 62.4 Å². The van der Waals surface area contributed by atoms with Gasteiger partial charge in [0.15, 0.2) is 0 Å². The zero-order chi connectivity index (χ0) is 45.2. The third-order valence-corrected chi connectivity index (χ3v) is 14.7. The summed E-state index contributed by atoms with van der Waals surface area (Å²) in [5.41, 5.74) is 7.86. The number of aromatic nitrogens is 2. The van der Waals surface area contributed by atoms with Crippen LogP contribution in [0.25, 0.3) is 16.8 Å². The lowest BCUT2D eigenvalue weighted by atomic mass is 9.90. The van der Waals surface area contributed by atoms with E-state index in [1.165, 1.54) is 25.3 Å². The molecule has 15 nitrogen and oxygen atoms in total. The van der Waals surface area contributed by atoms with Gasteiger partial charge in [-0.25, -0.2) is 14.6 Å². The van der Waals surface area contributed by atoms with Gasteiger partial charge in [-0.15, -0.1) is 0 Å². The summed E-state index contributed by atoms with van der Waals surface area (Å²) >= 11 is 0. The SMILES string of the molecule is COC(=O)N[C@H](C(=O)N1C[C@@H](C)C[C@H]1C1=NC=C(c2ccc([C@@H]3C[C@@H]3c3ccc(-c4cnc([C@@H]5C[C@H](C)CN5C(=O)[C@@H](NC(=O)OC)C5CCOCC5)[nH]4)cc3)cc2)C1)C1CCOCC1. The van der Waals surface area contributed by atoms with E-state index in [2.05, 4.69) is 78.0 Å². The maximum atomic E-state index is 14.2. The van der Waals surface area contributed by atoms with Crippen LogP contribution in [0.15, 0.2) is 65.9 Å². The number of nitrogens with zero attached hydrogens (tertiary/aromatic N) is 4. The lowest BCUT2D eigenvalue weighted by Gasteiger charge is -2.34. The van der Waals surface area contributed by atoms with Crippen molar-refractivity contribution < 1.29 is 38.1 Å². The maximum absolute atomic E-state index is 14.2. The molecular formula is C50H63N7O8. The summed E-state index contributed by atoms with van der Waals surface area (Å²) in [6.07, 6.45) is 8.84. The molecule has 9 rings (SSSR count). The van der Waals surface area contributed by atoms with Crippen molar-refractivity contribution >= 4 is 35.3 Å². The highest BCUT2D eigenvalue weighted by Gasteiger charge is 2.45. The van der Waals surface area contributed by atoms with E-state index in [1.807, 2.05) is 22.2 Å². The minimum atomic E-state index is -0.684. The summed E-state index contributed by atoms with van der Waals surface area (Å²) in [6, 6.07) is 16.0. The van der Waals surface area contributed by atoms with Crippen molar-refractivity contribution in [1.29, 1.82) is 0 Å². The number of benzene rings is 2. The molecule has 5 aliphatic heterocycles. The van der Waals surface area contributed by atoms with Gasteiger partial charge in [0, 0.05) is 57.8 Å². The predicted octanol–water partition coefficient (Wildman–Crippen LogP) is 6.98. The quantitative estimate of drug-likeness (QED) is 0.173. The van der Waals surface area contributed by atoms with Crippen molar-refractivity contribution in [2.24, 2.45) is 28.7 Å². The van der Waals surface area contributed by atoms with Gasteiger partial charge in [0.2, 0.25) is 11.8 Å². The van der Waals surface area contributed by atoms with E-state index in [0.29, 0.717) is 89.4 Å². The van der Waals surface area contributed by atoms with Gasteiger partial charge in [0.25, 0.3) is 0 Å². The number of hydrogen-bond acceptors (Lipinski definition) is 10. The number of carbonyl (C=O) groups excluding carboxylic acids is 4. The molecule has 4 amide bonds. The number of allylic oxidation sites excluding steroid dienone is 1. The number of carbonyl (C=O) groups is 4. The van der Waals surface area contributed by atoms with Crippen molar-refractivity contribution in [3.8, 4) is 11.3 Å². The number of methoxy groups -OCH3 is 2. The first-order valence-electron chi connectivity index (χ1n) is 23.5. The number of imidazole rings is 1. The summed E-state index contributed by atoms with van der Waals surface area (Å²) in [5.74, 6) is 2.05. The maximum Gasteiger partial charge on any atom is 0.407 e. The molecule has 0 unspecified atom stereocenters. The number of nitrogens with one attached hydrogen (secondary N) is 3. The molecule has 1 aromatic heterocycles. The number of rotatable bonds is 12. The van der Waals surface area contributed by atoms with E-state index < -0.39 is 24.3 Å². The molecule has 8 atom stereocenters. The Bertz CT molecular complexity index is 2260. The fourth-order valence-electron chi connectivity index (χ4n) is 11.0. The third kappa shape index (κ3) is 9.72. The van der Waals surface area contributed by atoms with Crippen molar-refractivity contribution in [3.05, 3.63) is 83.4 Å². The fourth-order valence-corrected chi connectivity index (χ4v) is 11.0. The Morgan fingerprint density at radius 2 is 1.18 bits per heavy atom. The monoisotopic (exact) mass is 889 g/mol. The van der Waals surface area contributed by atoms with Gasteiger partial charge in [-0.05, 0) is 108 Å². The van der Waals surface area contributed by atoms with Crippen molar-refractivity contribution in [2.75, 3.05) is 53.7 Å². The van der Waals surface area contributed by atoms with Crippen LogP contribution < -0.4 is 10.6 Å². The van der Waals surface area contributed by atoms with Crippen LogP contribution in [-0.4, -0.2) is 121 Å². The smallest absolute Gasteiger partial charge is 0.407 e. The minimum absolute atomic E-state index is 0.00785. The molecule has 0 radical (unpaired) electrons. The van der Waals surface area contributed by atoms with Gasteiger partial charge in [-0.3, -0.25) is 14.6 Å². The third-order valence-electron chi connectivity index (χ3n) is 14.7. The first-order chi connectivity index (χ1) is 31.6. The Morgan fingerprint density at radius 3 is 1.71 bits per heavy atom. The van der Waals surface area contributed by atoms with Crippen LogP contribution in [-0.2, 0) is 28.5 Å². The van der Waals surface area contributed by atoms with Gasteiger partial charge in [0.05, 0.1) is 38.2 Å². The van der Waals surface area contributed by atoms with E-state index in [4.69, 9.17) is 28.9 Å². The van der Waals surface area contributed by atoms with Gasteiger partial charge >= 0.3 is 12.2 Å². The molecule has 15 heteroatoms. The van der Waals surface area contributed by atoms with E-state index in [0.717, 1.165) is 53.2 Å². The number of hydrogen-bond donors (Lipinski definition) is 3. The van der Waals surface area contributed by atoms with Crippen molar-refractivity contribution in [3.63, 3.8) is 0 Å². The molecule has 1 aliphatic carbocycles. The fraction of sp³-hybridized carbons (Fsp3) is 0.560. The van der Waals surface area contributed by atoms with Crippen LogP contribution in [0.2, 0.25) is 0 Å². The Balaban J connectivity index is 0.804. The summed E-state index contributed by atoms with van der Waals surface area (Å²) in [4.78, 5) is 70.0. The molecule has 6 aliphatic rings. The number of alkyl carbamates (subject to hydrolysis) is 2. The van der Waals surface area contributed by atoms with E-state index in [1.54, 1.807) is 0 Å².